The summed E-state index contributed by atoms with van der Waals surface area (Å²) in [6.07, 6.45) is 3.83. The second-order valence-electron chi connectivity index (χ2n) is 7.98. The molecule has 0 bridgehead atoms. The van der Waals surface area contributed by atoms with Crippen LogP contribution in [0, 0.1) is 6.92 Å². The van der Waals surface area contributed by atoms with E-state index in [-0.39, 0.29) is 11.8 Å². The van der Waals surface area contributed by atoms with Crippen molar-refractivity contribution in [2.75, 3.05) is 26.7 Å². The van der Waals surface area contributed by atoms with Crippen LogP contribution in [0.2, 0.25) is 0 Å². The summed E-state index contributed by atoms with van der Waals surface area (Å²) < 4.78 is 5.87. The topological polar surface area (TPSA) is 62.5 Å². The first kappa shape index (κ1) is 17.4. The van der Waals surface area contributed by atoms with Crippen molar-refractivity contribution in [1.82, 2.24) is 19.8 Å². The van der Waals surface area contributed by atoms with E-state index in [0.29, 0.717) is 18.8 Å². The molecule has 1 saturated heterocycles. The number of amides is 1. The molecule has 0 N–H and O–H groups in total. The van der Waals surface area contributed by atoms with Gasteiger partial charge in [-0.15, -0.1) is 0 Å². The quantitative estimate of drug-likeness (QED) is 0.688. The van der Waals surface area contributed by atoms with Gasteiger partial charge in [-0.3, -0.25) is 4.79 Å². The number of likely N-dealkylation sites (N-methyl/N-ethyl adjacent to an activating group) is 1. The van der Waals surface area contributed by atoms with Gasteiger partial charge in [-0.25, -0.2) is 9.97 Å². The van der Waals surface area contributed by atoms with Crippen molar-refractivity contribution in [3.05, 3.63) is 58.9 Å². The predicted molar refractivity (Wildman–Crippen MR) is 106 cm³/mol. The minimum absolute atomic E-state index is 0.0317. The Bertz CT molecular complexity index is 1060. The van der Waals surface area contributed by atoms with Gasteiger partial charge < -0.3 is 14.2 Å². The fraction of sp³-hybridized carbons (Fsp3) is 0.409. The van der Waals surface area contributed by atoms with Crippen molar-refractivity contribution in [3.8, 4) is 0 Å². The molecule has 28 heavy (non-hydrogen) atoms. The number of para-hydroxylation sites is 1. The molecule has 1 fully saturated rings. The summed E-state index contributed by atoms with van der Waals surface area (Å²) in [4.78, 5) is 26.7. The van der Waals surface area contributed by atoms with Crippen LogP contribution in [0.4, 0.5) is 0 Å². The van der Waals surface area contributed by atoms with E-state index < -0.39 is 0 Å². The second kappa shape index (κ2) is 6.71. The van der Waals surface area contributed by atoms with Crippen LogP contribution in [0.1, 0.15) is 45.5 Å². The van der Waals surface area contributed by atoms with Crippen LogP contribution in [0.15, 0.2) is 34.9 Å². The molecule has 0 aliphatic carbocycles. The van der Waals surface area contributed by atoms with Crippen LogP contribution >= 0.6 is 0 Å². The van der Waals surface area contributed by atoms with Gasteiger partial charge in [0.2, 0.25) is 0 Å². The molecule has 0 spiro atoms. The molecule has 1 unspecified atom stereocenters. The van der Waals surface area contributed by atoms with Crippen LogP contribution in [-0.2, 0) is 13.0 Å². The maximum Gasteiger partial charge on any atom is 0.289 e. The molecule has 144 valence electrons. The summed E-state index contributed by atoms with van der Waals surface area (Å²) in [7, 11) is 2.12. The number of likely N-dealkylation sites (tertiary alicyclic amines) is 1. The zero-order chi connectivity index (χ0) is 19.3. The third kappa shape index (κ3) is 2.88. The Morgan fingerprint density at radius 1 is 1.25 bits per heavy atom. The number of carbonyl (C=O) groups is 1. The average Bonchev–Trinajstić information content (AvgIpc) is 3.33. The lowest BCUT2D eigenvalue weighted by atomic mass is 10.1. The van der Waals surface area contributed by atoms with E-state index in [4.69, 9.17) is 9.40 Å². The first-order valence-electron chi connectivity index (χ1n) is 9.91. The summed E-state index contributed by atoms with van der Waals surface area (Å²) in [5, 5.41) is 1.00. The Morgan fingerprint density at radius 3 is 2.96 bits per heavy atom. The monoisotopic (exact) mass is 376 g/mol. The number of fused-ring (bicyclic) bond motifs is 2. The highest BCUT2D eigenvalue weighted by atomic mass is 16.3. The molecule has 1 amide bonds. The summed E-state index contributed by atoms with van der Waals surface area (Å²) in [6.45, 7) is 5.26. The zero-order valence-corrected chi connectivity index (χ0v) is 16.3. The third-order valence-corrected chi connectivity index (χ3v) is 6.02. The molecule has 0 radical (unpaired) electrons. The highest BCUT2D eigenvalue weighted by Crippen LogP contribution is 2.30. The molecule has 5 rings (SSSR count). The van der Waals surface area contributed by atoms with E-state index in [1.807, 2.05) is 42.3 Å². The minimum Gasteiger partial charge on any atom is -0.451 e. The smallest absolute Gasteiger partial charge is 0.289 e. The van der Waals surface area contributed by atoms with Crippen LogP contribution < -0.4 is 0 Å². The zero-order valence-electron chi connectivity index (χ0n) is 16.3. The fourth-order valence-corrected chi connectivity index (χ4v) is 4.35. The van der Waals surface area contributed by atoms with Gasteiger partial charge in [-0.1, -0.05) is 18.2 Å². The molecule has 6 nitrogen and oxygen atoms in total. The molecular weight excluding hydrogens is 352 g/mol. The van der Waals surface area contributed by atoms with Crippen LogP contribution in [0.3, 0.4) is 0 Å². The SMILES string of the molecule is Cc1c(C(=O)N2CCC(c3ncc4c(n3)CCN(C)C4)C2)oc2ccccc12. The average molecular weight is 376 g/mol. The van der Waals surface area contributed by atoms with Crippen LogP contribution in [-0.4, -0.2) is 52.4 Å². The first-order chi connectivity index (χ1) is 13.6. The van der Waals surface area contributed by atoms with Crippen molar-refractivity contribution >= 4 is 16.9 Å². The van der Waals surface area contributed by atoms with Gasteiger partial charge in [0.25, 0.3) is 5.91 Å². The minimum atomic E-state index is -0.0317. The van der Waals surface area contributed by atoms with E-state index in [2.05, 4.69) is 16.9 Å². The van der Waals surface area contributed by atoms with E-state index >= 15 is 0 Å². The second-order valence-corrected chi connectivity index (χ2v) is 7.98. The summed E-state index contributed by atoms with van der Waals surface area (Å²) in [6, 6.07) is 7.80. The summed E-state index contributed by atoms with van der Waals surface area (Å²) in [5.41, 5.74) is 4.07. The number of benzene rings is 1. The molecular formula is C22H24N4O2. The number of aromatic nitrogens is 2. The van der Waals surface area contributed by atoms with E-state index in [0.717, 1.165) is 48.3 Å². The first-order valence-corrected chi connectivity index (χ1v) is 9.91. The van der Waals surface area contributed by atoms with Gasteiger partial charge in [0.15, 0.2) is 5.76 Å². The summed E-state index contributed by atoms with van der Waals surface area (Å²) in [5.74, 6) is 1.49. The van der Waals surface area contributed by atoms with E-state index in [1.54, 1.807) is 0 Å². The molecule has 2 aliphatic rings. The molecule has 1 atom stereocenters. The number of rotatable bonds is 2. The lowest BCUT2D eigenvalue weighted by molar-refractivity contribution is 0.0760. The van der Waals surface area contributed by atoms with E-state index in [9.17, 15) is 4.79 Å². The number of hydrogen-bond acceptors (Lipinski definition) is 5. The normalized spacial score (nSPS) is 19.9. The largest absolute Gasteiger partial charge is 0.451 e. The number of nitrogens with zero attached hydrogens (tertiary/aromatic N) is 4. The van der Waals surface area contributed by atoms with Gasteiger partial charge in [0.05, 0.1) is 0 Å². The van der Waals surface area contributed by atoms with E-state index in [1.165, 1.54) is 11.3 Å². The molecule has 6 heteroatoms. The van der Waals surface area contributed by atoms with Crippen molar-refractivity contribution in [2.24, 2.45) is 0 Å². The van der Waals surface area contributed by atoms with Crippen molar-refractivity contribution in [2.45, 2.75) is 32.2 Å². The van der Waals surface area contributed by atoms with Crippen molar-refractivity contribution in [3.63, 3.8) is 0 Å². The fourth-order valence-electron chi connectivity index (χ4n) is 4.35. The Balaban J connectivity index is 1.35. The predicted octanol–water partition coefficient (Wildman–Crippen LogP) is 3.15. The standard InChI is InChI=1S/C22H24N4O2/c1-14-17-5-3-4-6-19(17)28-20(14)22(27)26-10-7-15(13-26)21-23-11-16-12-25(2)9-8-18(16)24-21/h3-6,11,15H,7-10,12-13H2,1-2H3. The highest BCUT2D eigenvalue weighted by Gasteiger charge is 2.32. The molecule has 2 aliphatic heterocycles. The van der Waals surface area contributed by atoms with Gasteiger partial charge in [-0.2, -0.15) is 0 Å². The lowest BCUT2D eigenvalue weighted by Gasteiger charge is -2.24. The van der Waals surface area contributed by atoms with Crippen LogP contribution in [0.25, 0.3) is 11.0 Å². The van der Waals surface area contributed by atoms with Gasteiger partial charge >= 0.3 is 0 Å². The Morgan fingerprint density at radius 2 is 2.11 bits per heavy atom. The maximum absolute atomic E-state index is 13.1. The Kier molecular flexibility index (Phi) is 4.16. The molecule has 2 aromatic heterocycles. The van der Waals surface area contributed by atoms with Crippen LogP contribution in [0.5, 0.6) is 0 Å². The van der Waals surface area contributed by atoms with Crippen molar-refractivity contribution < 1.29 is 9.21 Å². The van der Waals surface area contributed by atoms with Gasteiger partial charge in [0, 0.05) is 66.9 Å². The van der Waals surface area contributed by atoms with Gasteiger partial charge in [-0.05, 0) is 26.5 Å². The molecule has 0 saturated carbocycles. The van der Waals surface area contributed by atoms with Crippen molar-refractivity contribution in [1.29, 1.82) is 0 Å². The Labute approximate surface area is 164 Å². The number of hydrogen-bond donors (Lipinski definition) is 0. The number of aryl methyl sites for hydroxylation is 1. The maximum atomic E-state index is 13.1. The number of furan rings is 1. The third-order valence-electron chi connectivity index (χ3n) is 6.02. The lowest BCUT2D eigenvalue weighted by Crippen LogP contribution is -2.29. The number of carbonyl (C=O) groups excluding carboxylic acids is 1. The molecule has 1 aromatic carbocycles. The molecule has 3 aromatic rings. The highest BCUT2D eigenvalue weighted by molar-refractivity contribution is 5.99. The molecule has 4 heterocycles. The summed E-state index contributed by atoms with van der Waals surface area (Å²) >= 11 is 0. The Hall–Kier alpha value is -2.73. The van der Waals surface area contributed by atoms with Gasteiger partial charge in [0.1, 0.15) is 11.4 Å².